The predicted octanol–water partition coefficient (Wildman–Crippen LogP) is 4.13. The molecule has 2 fully saturated rings. The second kappa shape index (κ2) is 12.2. The van der Waals surface area contributed by atoms with Crippen molar-refractivity contribution in [1.29, 1.82) is 0 Å². The highest BCUT2D eigenvalue weighted by Gasteiger charge is 2.48. The van der Waals surface area contributed by atoms with Gasteiger partial charge in [0, 0.05) is 26.0 Å². The summed E-state index contributed by atoms with van der Waals surface area (Å²) in [5, 5.41) is 9.72. The Kier molecular flexibility index (Phi) is 10.3. The van der Waals surface area contributed by atoms with E-state index >= 15 is 0 Å². The van der Waals surface area contributed by atoms with E-state index in [0.29, 0.717) is 35.5 Å². The van der Waals surface area contributed by atoms with Gasteiger partial charge in [-0.05, 0) is 49.5 Å². The Bertz CT molecular complexity index is 407. The molecule has 2 bridgehead atoms. The Hall–Kier alpha value is -0.300. The third kappa shape index (κ3) is 7.02. The van der Waals surface area contributed by atoms with Crippen LogP contribution in [0.3, 0.4) is 0 Å². The number of hydroxylamine groups is 2. The predicted molar refractivity (Wildman–Crippen MR) is 106 cm³/mol. The Morgan fingerprint density at radius 2 is 1.92 bits per heavy atom. The van der Waals surface area contributed by atoms with Crippen molar-refractivity contribution in [2.75, 3.05) is 31.8 Å². The Labute approximate surface area is 163 Å². The first-order chi connectivity index (χ1) is 12.6. The summed E-state index contributed by atoms with van der Waals surface area (Å²) in [6.45, 7) is 3.99. The maximum Gasteiger partial charge on any atom is 0.245 e. The third-order valence-electron chi connectivity index (χ3n) is 5.68. The standard InChI is InChI=1S/C20H37NO4S/c1-3-4-5-6-12-24-15-17-16(18-9-10-19(17)25-18)11-14-26-13-7-8-20(22)21(2)23/h16-19,23H,3-15H2,1-2H3/t16-,17+,18-,19+/m1/s1. The zero-order valence-corrected chi connectivity index (χ0v) is 17.3. The molecule has 0 spiro atoms. The van der Waals surface area contributed by atoms with Crippen LogP contribution in [-0.4, -0.2) is 60.2 Å². The molecule has 2 heterocycles. The molecule has 1 N–H and O–H groups in total. The summed E-state index contributed by atoms with van der Waals surface area (Å²) in [4.78, 5) is 11.3. The molecule has 0 saturated carbocycles. The number of hydrogen-bond acceptors (Lipinski definition) is 5. The number of ether oxygens (including phenoxy) is 2. The van der Waals surface area contributed by atoms with Crippen LogP contribution in [-0.2, 0) is 14.3 Å². The highest BCUT2D eigenvalue weighted by Crippen LogP contribution is 2.45. The lowest BCUT2D eigenvalue weighted by Gasteiger charge is -2.27. The van der Waals surface area contributed by atoms with Gasteiger partial charge in [0.1, 0.15) is 0 Å². The molecule has 0 aromatic heterocycles. The topological polar surface area (TPSA) is 59.0 Å². The van der Waals surface area contributed by atoms with Crippen molar-refractivity contribution in [2.24, 2.45) is 11.8 Å². The van der Waals surface area contributed by atoms with Gasteiger partial charge in [0.25, 0.3) is 0 Å². The van der Waals surface area contributed by atoms with Gasteiger partial charge in [-0.15, -0.1) is 0 Å². The van der Waals surface area contributed by atoms with Crippen molar-refractivity contribution in [2.45, 2.75) is 76.9 Å². The van der Waals surface area contributed by atoms with Gasteiger partial charge in [-0.1, -0.05) is 26.2 Å². The van der Waals surface area contributed by atoms with Gasteiger partial charge in [-0.2, -0.15) is 11.8 Å². The van der Waals surface area contributed by atoms with Crippen LogP contribution in [0.15, 0.2) is 0 Å². The number of amides is 1. The van der Waals surface area contributed by atoms with Crippen molar-refractivity contribution >= 4 is 17.7 Å². The molecule has 2 aliphatic heterocycles. The summed E-state index contributed by atoms with van der Waals surface area (Å²) in [5.74, 6) is 3.10. The molecular weight excluding hydrogens is 350 g/mol. The smallest absolute Gasteiger partial charge is 0.245 e. The largest absolute Gasteiger partial charge is 0.381 e. The summed E-state index contributed by atoms with van der Waals surface area (Å²) in [6, 6.07) is 0. The van der Waals surface area contributed by atoms with Crippen LogP contribution in [0, 0.1) is 11.8 Å². The SMILES string of the molecule is CCCCCCOC[C@H]1[C@@H](CCSCCCC(=O)N(C)O)[C@H]2CC[C@@H]1O2. The van der Waals surface area contributed by atoms with Gasteiger partial charge in [0.2, 0.25) is 5.91 Å². The summed E-state index contributed by atoms with van der Waals surface area (Å²) in [7, 11) is 1.39. The van der Waals surface area contributed by atoms with Crippen LogP contribution < -0.4 is 0 Å². The van der Waals surface area contributed by atoms with Crippen LogP contribution in [0.2, 0.25) is 0 Å². The first-order valence-corrected chi connectivity index (χ1v) is 11.5. The quantitative estimate of drug-likeness (QED) is 0.276. The second-order valence-corrected chi connectivity index (χ2v) is 8.90. The van der Waals surface area contributed by atoms with E-state index in [-0.39, 0.29) is 5.91 Å². The summed E-state index contributed by atoms with van der Waals surface area (Å²) in [5.41, 5.74) is 0. The van der Waals surface area contributed by atoms with E-state index in [2.05, 4.69) is 6.92 Å². The number of unbranched alkanes of at least 4 members (excludes halogenated alkanes) is 3. The van der Waals surface area contributed by atoms with Crippen LogP contribution in [0.25, 0.3) is 0 Å². The minimum absolute atomic E-state index is 0.205. The second-order valence-electron chi connectivity index (χ2n) is 7.68. The molecule has 152 valence electrons. The molecule has 0 aromatic rings. The van der Waals surface area contributed by atoms with Crippen LogP contribution >= 0.6 is 11.8 Å². The number of nitrogens with zero attached hydrogens (tertiary/aromatic N) is 1. The normalized spacial score (nSPS) is 27.2. The molecule has 6 heteroatoms. The highest BCUT2D eigenvalue weighted by molar-refractivity contribution is 7.99. The Balaban J connectivity index is 1.58. The molecule has 2 rings (SSSR count). The van der Waals surface area contributed by atoms with E-state index < -0.39 is 0 Å². The molecule has 0 aliphatic carbocycles. The number of carbonyl (C=O) groups excluding carboxylic acids is 1. The van der Waals surface area contributed by atoms with E-state index in [9.17, 15) is 4.79 Å². The van der Waals surface area contributed by atoms with Gasteiger partial charge in [0.05, 0.1) is 18.8 Å². The molecular formula is C20H37NO4S. The fraction of sp³-hybridized carbons (Fsp3) is 0.950. The number of fused-ring (bicyclic) bond motifs is 2. The lowest BCUT2D eigenvalue weighted by Crippen LogP contribution is -2.31. The maximum absolute atomic E-state index is 11.3. The van der Waals surface area contributed by atoms with E-state index in [0.717, 1.165) is 31.1 Å². The van der Waals surface area contributed by atoms with Crippen molar-refractivity contribution < 1.29 is 19.5 Å². The fourth-order valence-corrected chi connectivity index (χ4v) is 5.15. The van der Waals surface area contributed by atoms with E-state index in [4.69, 9.17) is 14.7 Å². The van der Waals surface area contributed by atoms with Crippen LogP contribution in [0.5, 0.6) is 0 Å². The van der Waals surface area contributed by atoms with Gasteiger partial charge >= 0.3 is 0 Å². The molecule has 2 aliphatic rings. The molecule has 0 radical (unpaired) electrons. The first-order valence-electron chi connectivity index (χ1n) is 10.4. The number of carbonyl (C=O) groups is 1. The molecule has 0 unspecified atom stereocenters. The maximum atomic E-state index is 11.3. The molecule has 26 heavy (non-hydrogen) atoms. The zero-order valence-electron chi connectivity index (χ0n) is 16.5. The van der Waals surface area contributed by atoms with Crippen molar-refractivity contribution in [3.8, 4) is 0 Å². The van der Waals surface area contributed by atoms with Crippen LogP contribution in [0.1, 0.15) is 64.7 Å². The number of hydrogen-bond donors (Lipinski definition) is 1. The third-order valence-corrected chi connectivity index (χ3v) is 6.78. The average molecular weight is 388 g/mol. The van der Waals surface area contributed by atoms with E-state index in [1.54, 1.807) is 0 Å². The number of rotatable bonds is 14. The monoisotopic (exact) mass is 387 g/mol. The molecule has 1 amide bonds. The molecule has 0 aromatic carbocycles. The van der Waals surface area contributed by atoms with E-state index in [1.807, 2.05) is 11.8 Å². The van der Waals surface area contributed by atoms with Crippen molar-refractivity contribution in [3.05, 3.63) is 0 Å². The van der Waals surface area contributed by atoms with Gasteiger partial charge in [-0.25, -0.2) is 5.06 Å². The van der Waals surface area contributed by atoms with Crippen LogP contribution in [0.4, 0.5) is 0 Å². The van der Waals surface area contributed by atoms with E-state index in [1.165, 1.54) is 52.0 Å². The molecule has 4 atom stereocenters. The first kappa shape index (κ1) is 22.0. The van der Waals surface area contributed by atoms with Gasteiger partial charge in [0.15, 0.2) is 0 Å². The molecule has 5 nitrogen and oxygen atoms in total. The summed E-state index contributed by atoms with van der Waals surface area (Å²) in [6.07, 6.45) is 10.7. The minimum Gasteiger partial charge on any atom is -0.381 e. The fourth-order valence-electron chi connectivity index (χ4n) is 4.16. The van der Waals surface area contributed by atoms with Gasteiger partial charge < -0.3 is 9.47 Å². The Morgan fingerprint density at radius 1 is 1.15 bits per heavy atom. The minimum atomic E-state index is -0.205. The lowest BCUT2D eigenvalue weighted by atomic mass is 9.78. The summed E-state index contributed by atoms with van der Waals surface area (Å²) < 4.78 is 12.1. The van der Waals surface area contributed by atoms with Gasteiger partial charge in [-0.3, -0.25) is 10.0 Å². The van der Waals surface area contributed by atoms with Crippen molar-refractivity contribution in [3.63, 3.8) is 0 Å². The average Bonchev–Trinajstić information content (AvgIpc) is 3.22. The highest BCUT2D eigenvalue weighted by atomic mass is 32.2. The summed E-state index contributed by atoms with van der Waals surface area (Å²) >= 11 is 1.91. The molecule has 2 saturated heterocycles. The zero-order chi connectivity index (χ0) is 18.8. The van der Waals surface area contributed by atoms with Crippen molar-refractivity contribution in [1.82, 2.24) is 5.06 Å². The Morgan fingerprint density at radius 3 is 2.65 bits per heavy atom. The lowest BCUT2D eigenvalue weighted by molar-refractivity contribution is -0.159. The number of thioether (sulfide) groups is 1.